The second-order valence-corrected chi connectivity index (χ2v) is 6.87. The lowest BCUT2D eigenvalue weighted by Crippen LogP contribution is -2.27. The Labute approximate surface area is 173 Å². The molecular weight excluding hydrogens is 392 g/mol. The van der Waals surface area contributed by atoms with Crippen molar-refractivity contribution in [2.24, 2.45) is 5.92 Å². The third-order valence-corrected chi connectivity index (χ3v) is 4.98. The number of methoxy groups -OCH3 is 2. The molecule has 158 valence electrons. The number of anilines is 1. The Morgan fingerprint density at radius 2 is 1.97 bits per heavy atom. The molecule has 0 N–H and O–H groups in total. The van der Waals surface area contributed by atoms with E-state index >= 15 is 0 Å². The summed E-state index contributed by atoms with van der Waals surface area (Å²) in [6.45, 7) is 1.79. The number of non-ortho nitro benzene ring substituents is 1. The molecule has 3 rings (SSSR count). The predicted octanol–water partition coefficient (Wildman–Crippen LogP) is 3.27. The molecule has 0 unspecified atom stereocenters. The lowest BCUT2D eigenvalue weighted by atomic mass is 10.1. The molecule has 2 atom stereocenters. The summed E-state index contributed by atoms with van der Waals surface area (Å²) >= 11 is 0. The minimum absolute atomic E-state index is 0.00960. The topological polar surface area (TPSA) is 108 Å². The van der Waals surface area contributed by atoms with Crippen molar-refractivity contribution in [3.8, 4) is 11.5 Å². The molecule has 0 saturated carbocycles. The second-order valence-electron chi connectivity index (χ2n) is 6.87. The average Bonchev–Trinajstić information content (AvgIpc) is 3.14. The zero-order valence-electron chi connectivity index (χ0n) is 16.9. The summed E-state index contributed by atoms with van der Waals surface area (Å²) in [4.78, 5) is 37.1. The molecule has 2 aromatic rings. The Kier molecular flexibility index (Phi) is 6.20. The van der Waals surface area contributed by atoms with Gasteiger partial charge in [0.2, 0.25) is 5.91 Å². The van der Waals surface area contributed by atoms with Crippen molar-refractivity contribution in [3.63, 3.8) is 0 Å². The second kappa shape index (κ2) is 8.81. The number of ether oxygens (including phenoxy) is 3. The van der Waals surface area contributed by atoms with E-state index in [0.717, 1.165) is 0 Å². The highest BCUT2D eigenvalue weighted by molar-refractivity contribution is 6.00. The molecule has 9 nitrogen and oxygen atoms in total. The smallest absolute Gasteiger partial charge is 0.311 e. The maximum atomic E-state index is 12.6. The van der Waals surface area contributed by atoms with E-state index in [2.05, 4.69) is 0 Å². The van der Waals surface area contributed by atoms with Crippen molar-refractivity contribution >= 4 is 23.3 Å². The van der Waals surface area contributed by atoms with Crippen molar-refractivity contribution in [2.75, 3.05) is 25.7 Å². The summed E-state index contributed by atoms with van der Waals surface area (Å²) in [5.74, 6) is -0.350. The Balaban J connectivity index is 1.71. The van der Waals surface area contributed by atoms with Crippen LogP contribution in [0.15, 0.2) is 42.5 Å². The Morgan fingerprint density at radius 3 is 2.63 bits per heavy atom. The quantitative estimate of drug-likeness (QED) is 0.389. The van der Waals surface area contributed by atoms with Gasteiger partial charge in [0, 0.05) is 31.2 Å². The van der Waals surface area contributed by atoms with Gasteiger partial charge in [-0.2, -0.15) is 0 Å². The van der Waals surface area contributed by atoms with E-state index in [1.807, 2.05) is 0 Å². The van der Waals surface area contributed by atoms with Crippen LogP contribution >= 0.6 is 0 Å². The van der Waals surface area contributed by atoms with E-state index in [1.165, 1.54) is 37.3 Å². The van der Waals surface area contributed by atoms with Crippen LogP contribution in [0.2, 0.25) is 0 Å². The number of nitrogens with zero attached hydrogens (tertiary/aromatic N) is 2. The molecule has 0 aromatic heterocycles. The molecular formula is C21H22N2O7. The van der Waals surface area contributed by atoms with E-state index in [4.69, 9.17) is 14.2 Å². The number of amides is 1. The van der Waals surface area contributed by atoms with Gasteiger partial charge in [-0.15, -0.1) is 0 Å². The minimum Gasteiger partial charge on any atom is -0.497 e. The summed E-state index contributed by atoms with van der Waals surface area (Å²) in [6.07, 6.45) is -0.674. The van der Waals surface area contributed by atoms with E-state index in [-0.39, 0.29) is 24.6 Å². The molecule has 0 bridgehead atoms. The minimum atomic E-state index is -0.683. The van der Waals surface area contributed by atoms with Gasteiger partial charge in [0.15, 0.2) is 0 Å². The summed E-state index contributed by atoms with van der Waals surface area (Å²) in [6, 6.07) is 11.0. The van der Waals surface area contributed by atoms with Crippen LogP contribution in [0, 0.1) is 16.0 Å². The highest BCUT2D eigenvalue weighted by Crippen LogP contribution is 2.36. The fraction of sp³-hybridized carbons (Fsp3) is 0.333. The zero-order chi connectivity index (χ0) is 21.8. The molecule has 2 aromatic carbocycles. The molecule has 0 aliphatic carbocycles. The number of rotatable bonds is 7. The molecule has 1 heterocycles. The first-order valence-electron chi connectivity index (χ1n) is 9.31. The maximum absolute atomic E-state index is 12.6. The Bertz CT molecular complexity index is 976. The van der Waals surface area contributed by atoms with Crippen LogP contribution in [-0.4, -0.2) is 37.6 Å². The van der Waals surface area contributed by atoms with Crippen LogP contribution in [0.5, 0.6) is 11.5 Å². The number of esters is 1. The van der Waals surface area contributed by atoms with Crippen molar-refractivity contribution in [2.45, 2.75) is 19.4 Å². The Morgan fingerprint density at radius 1 is 1.20 bits per heavy atom. The standard InChI is InChI=1S/C21H22N2O7/c1-13(14-5-4-6-16(9-14)23(26)27)30-21(25)15-10-20(24)22(12-15)18-8-7-17(28-2)11-19(18)29-3/h4-9,11,13,15H,10,12H2,1-3H3/t13-,15+/m1/s1. The van der Waals surface area contributed by atoms with Crippen LogP contribution in [0.25, 0.3) is 0 Å². The lowest BCUT2D eigenvalue weighted by molar-refractivity contribution is -0.385. The van der Waals surface area contributed by atoms with E-state index in [0.29, 0.717) is 22.7 Å². The predicted molar refractivity (Wildman–Crippen MR) is 108 cm³/mol. The van der Waals surface area contributed by atoms with Crippen molar-refractivity contribution in [1.29, 1.82) is 0 Å². The molecule has 0 radical (unpaired) electrons. The molecule has 30 heavy (non-hydrogen) atoms. The van der Waals surface area contributed by atoms with E-state index in [9.17, 15) is 19.7 Å². The molecule has 1 saturated heterocycles. The van der Waals surface area contributed by atoms with Crippen LogP contribution in [0.4, 0.5) is 11.4 Å². The van der Waals surface area contributed by atoms with Crippen LogP contribution in [-0.2, 0) is 14.3 Å². The van der Waals surface area contributed by atoms with Crippen molar-refractivity contribution < 1.29 is 28.7 Å². The highest BCUT2D eigenvalue weighted by Gasteiger charge is 2.38. The number of nitro groups is 1. The van der Waals surface area contributed by atoms with Crippen molar-refractivity contribution in [1.82, 2.24) is 0 Å². The molecule has 9 heteroatoms. The largest absolute Gasteiger partial charge is 0.497 e. The molecule has 1 fully saturated rings. The number of hydrogen-bond donors (Lipinski definition) is 0. The number of carbonyl (C=O) groups is 2. The monoisotopic (exact) mass is 414 g/mol. The van der Waals surface area contributed by atoms with Gasteiger partial charge < -0.3 is 19.1 Å². The highest BCUT2D eigenvalue weighted by atomic mass is 16.6. The van der Waals surface area contributed by atoms with Crippen LogP contribution in [0.1, 0.15) is 25.0 Å². The summed E-state index contributed by atoms with van der Waals surface area (Å²) in [5.41, 5.74) is 0.977. The fourth-order valence-corrected chi connectivity index (χ4v) is 3.34. The SMILES string of the molecule is COc1ccc(N2C[C@@H](C(=O)O[C@H](C)c3cccc([N+](=O)[O-])c3)CC2=O)c(OC)c1. The average molecular weight is 414 g/mol. The maximum Gasteiger partial charge on any atom is 0.311 e. The number of nitro benzene ring substituents is 1. The third kappa shape index (κ3) is 4.35. The van der Waals surface area contributed by atoms with Crippen LogP contribution in [0.3, 0.4) is 0 Å². The number of benzene rings is 2. The number of hydrogen-bond acceptors (Lipinski definition) is 7. The summed E-state index contributed by atoms with van der Waals surface area (Å²) in [7, 11) is 3.02. The first-order chi connectivity index (χ1) is 14.3. The van der Waals surface area contributed by atoms with Gasteiger partial charge in [0.25, 0.3) is 5.69 Å². The summed E-state index contributed by atoms with van der Waals surface area (Å²) < 4.78 is 16.0. The van der Waals surface area contributed by atoms with Crippen LogP contribution < -0.4 is 14.4 Å². The Hall–Kier alpha value is -3.62. The normalized spacial score (nSPS) is 16.8. The van der Waals surface area contributed by atoms with Gasteiger partial charge in [-0.3, -0.25) is 19.7 Å². The van der Waals surface area contributed by atoms with E-state index in [1.54, 1.807) is 31.2 Å². The fourth-order valence-electron chi connectivity index (χ4n) is 3.34. The van der Waals surface area contributed by atoms with Gasteiger partial charge in [-0.25, -0.2) is 0 Å². The molecule has 1 amide bonds. The van der Waals surface area contributed by atoms with Gasteiger partial charge in [-0.05, 0) is 24.6 Å². The van der Waals surface area contributed by atoms with Gasteiger partial charge >= 0.3 is 5.97 Å². The van der Waals surface area contributed by atoms with Crippen molar-refractivity contribution in [3.05, 3.63) is 58.1 Å². The summed E-state index contributed by atoms with van der Waals surface area (Å²) in [5, 5.41) is 10.9. The molecule has 0 spiro atoms. The first-order valence-corrected chi connectivity index (χ1v) is 9.31. The van der Waals surface area contributed by atoms with Gasteiger partial charge in [0.05, 0.1) is 30.7 Å². The van der Waals surface area contributed by atoms with Gasteiger partial charge in [0.1, 0.15) is 17.6 Å². The molecule has 1 aliphatic heterocycles. The molecule has 1 aliphatic rings. The third-order valence-electron chi connectivity index (χ3n) is 4.98. The van der Waals surface area contributed by atoms with E-state index < -0.39 is 22.9 Å². The van der Waals surface area contributed by atoms with Gasteiger partial charge in [-0.1, -0.05) is 12.1 Å². The zero-order valence-corrected chi connectivity index (χ0v) is 16.9. The first kappa shape index (κ1) is 21.1. The lowest BCUT2D eigenvalue weighted by Gasteiger charge is -2.20. The number of carbonyl (C=O) groups excluding carboxylic acids is 2.